The van der Waals surface area contributed by atoms with Crippen molar-refractivity contribution in [3.63, 3.8) is 0 Å². The second-order valence-corrected chi connectivity index (χ2v) is 8.89. The molecule has 2 aromatic carbocycles. The largest absolute Gasteiger partial charge is 0.497 e. The molecule has 10 heteroatoms. The number of carbonyl (C=O) groups is 1. The summed E-state index contributed by atoms with van der Waals surface area (Å²) >= 11 is 0. The van der Waals surface area contributed by atoms with Crippen LogP contribution in [0, 0.1) is 23.0 Å². The van der Waals surface area contributed by atoms with Crippen LogP contribution in [0.1, 0.15) is 30.5 Å². The van der Waals surface area contributed by atoms with E-state index < -0.39 is 32.9 Å². The third-order valence-electron chi connectivity index (χ3n) is 4.64. The Labute approximate surface area is 174 Å². The second-order valence-electron chi connectivity index (χ2n) is 7.21. The fraction of sp³-hybridized carbons (Fsp3) is 0.350. The molecular weight excluding hydrogens is 412 g/mol. The van der Waals surface area contributed by atoms with Crippen LogP contribution in [0.3, 0.4) is 0 Å². The molecule has 2 N–H and O–H groups in total. The van der Waals surface area contributed by atoms with E-state index in [-0.39, 0.29) is 17.0 Å². The molecule has 0 spiro atoms. The molecule has 9 nitrogen and oxygen atoms in total. The van der Waals surface area contributed by atoms with E-state index in [1.807, 2.05) is 0 Å². The molecule has 0 saturated heterocycles. The number of carboxylic acids is 1. The van der Waals surface area contributed by atoms with Crippen LogP contribution in [0.25, 0.3) is 0 Å². The van der Waals surface area contributed by atoms with Crippen LogP contribution in [0.4, 0.5) is 5.69 Å². The average molecular weight is 436 g/mol. The summed E-state index contributed by atoms with van der Waals surface area (Å²) in [4.78, 5) is 22.1. The minimum atomic E-state index is -4.18. The number of nitro benzene ring substituents is 1. The van der Waals surface area contributed by atoms with Crippen molar-refractivity contribution in [1.29, 1.82) is 0 Å². The van der Waals surface area contributed by atoms with Gasteiger partial charge in [0.2, 0.25) is 10.0 Å². The third kappa shape index (κ3) is 5.33. The standard InChI is InChI=1S/C20H24N2O7S/c1-12(2)19(20(23)24)21-30(27,28)18-8-7-16(29-4)11-15(18)9-14-6-5-13(3)17(10-14)22(25)26/h5-8,10-12,19,21H,9H2,1-4H3,(H,23,24)/t19-/m1/s1. The number of benzene rings is 2. The SMILES string of the molecule is COc1ccc(S(=O)(=O)N[C@@H](C(=O)O)C(C)C)c(Cc2ccc(C)c([N+](=O)[O-])c2)c1. The van der Waals surface area contributed by atoms with E-state index in [1.165, 1.54) is 31.4 Å². The number of methoxy groups -OCH3 is 1. The van der Waals surface area contributed by atoms with Gasteiger partial charge in [0.1, 0.15) is 11.8 Å². The van der Waals surface area contributed by atoms with Gasteiger partial charge in [0, 0.05) is 11.6 Å². The lowest BCUT2D eigenvalue weighted by atomic mass is 10.0. The summed E-state index contributed by atoms with van der Waals surface area (Å²) in [6.07, 6.45) is 0.0774. The van der Waals surface area contributed by atoms with Gasteiger partial charge in [-0.2, -0.15) is 4.72 Å². The summed E-state index contributed by atoms with van der Waals surface area (Å²) < 4.78 is 33.4. The van der Waals surface area contributed by atoms with Crippen LogP contribution >= 0.6 is 0 Å². The molecule has 162 valence electrons. The molecule has 0 aliphatic heterocycles. The molecule has 0 bridgehead atoms. The summed E-state index contributed by atoms with van der Waals surface area (Å²) in [7, 11) is -2.75. The Morgan fingerprint density at radius 3 is 2.43 bits per heavy atom. The van der Waals surface area contributed by atoms with Crippen LogP contribution in [0.5, 0.6) is 5.75 Å². The van der Waals surface area contributed by atoms with Gasteiger partial charge in [-0.05, 0) is 48.6 Å². The Kier molecular flexibility index (Phi) is 7.16. The highest BCUT2D eigenvalue weighted by molar-refractivity contribution is 7.89. The summed E-state index contributed by atoms with van der Waals surface area (Å²) in [5.74, 6) is -1.35. The number of nitrogens with zero attached hydrogens (tertiary/aromatic N) is 1. The van der Waals surface area contributed by atoms with Gasteiger partial charge in [-0.15, -0.1) is 0 Å². The van der Waals surface area contributed by atoms with E-state index in [2.05, 4.69) is 4.72 Å². The van der Waals surface area contributed by atoms with Crippen molar-refractivity contribution >= 4 is 21.7 Å². The lowest BCUT2D eigenvalue weighted by molar-refractivity contribution is -0.385. The predicted molar refractivity (Wildman–Crippen MR) is 110 cm³/mol. The fourth-order valence-corrected chi connectivity index (χ4v) is 4.52. The molecule has 1 atom stereocenters. The van der Waals surface area contributed by atoms with Crippen molar-refractivity contribution in [3.8, 4) is 5.75 Å². The normalized spacial score (nSPS) is 12.6. The van der Waals surface area contributed by atoms with E-state index in [9.17, 15) is 28.4 Å². The summed E-state index contributed by atoms with van der Waals surface area (Å²) in [5, 5.41) is 20.6. The lowest BCUT2D eigenvalue weighted by Gasteiger charge is -2.19. The first-order valence-electron chi connectivity index (χ1n) is 9.12. The number of aliphatic carboxylic acids is 1. The van der Waals surface area contributed by atoms with Gasteiger partial charge in [0.25, 0.3) is 5.69 Å². The van der Waals surface area contributed by atoms with Crippen molar-refractivity contribution < 1.29 is 28.0 Å². The highest BCUT2D eigenvalue weighted by atomic mass is 32.2. The number of nitrogens with one attached hydrogen (secondary N) is 1. The Hall–Kier alpha value is -2.98. The van der Waals surface area contributed by atoms with Crippen molar-refractivity contribution in [2.45, 2.75) is 38.1 Å². The van der Waals surface area contributed by atoms with Gasteiger partial charge in [-0.3, -0.25) is 14.9 Å². The first-order chi connectivity index (χ1) is 14.0. The maximum atomic E-state index is 13.0. The smallest absolute Gasteiger partial charge is 0.322 e. The Bertz CT molecular complexity index is 1060. The lowest BCUT2D eigenvalue weighted by Crippen LogP contribution is -2.44. The molecule has 0 fully saturated rings. The first kappa shape index (κ1) is 23.3. The quantitative estimate of drug-likeness (QED) is 0.456. The van der Waals surface area contributed by atoms with E-state index in [0.717, 1.165) is 0 Å². The molecular formula is C20H24N2O7S. The summed E-state index contributed by atoms with van der Waals surface area (Å²) in [6.45, 7) is 4.81. The monoisotopic (exact) mass is 436 g/mol. The van der Waals surface area contributed by atoms with Crippen molar-refractivity contribution in [2.75, 3.05) is 7.11 Å². The zero-order valence-corrected chi connectivity index (χ0v) is 17.9. The molecule has 0 heterocycles. The number of sulfonamides is 1. The van der Waals surface area contributed by atoms with Gasteiger partial charge >= 0.3 is 5.97 Å². The van der Waals surface area contributed by atoms with Crippen molar-refractivity contribution in [2.24, 2.45) is 5.92 Å². The molecule has 0 aliphatic carbocycles. The van der Waals surface area contributed by atoms with Gasteiger partial charge in [-0.1, -0.05) is 26.0 Å². The van der Waals surface area contributed by atoms with Crippen LogP contribution in [0.2, 0.25) is 0 Å². The zero-order chi connectivity index (χ0) is 22.6. The maximum Gasteiger partial charge on any atom is 0.322 e. The summed E-state index contributed by atoms with van der Waals surface area (Å²) in [5.41, 5.74) is 1.29. The number of rotatable bonds is 9. The van der Waals surface area contributed by atoms with Gasteiger partial charge in [-0.25, -0.2) is 8.42 Å². The number of carboxylic acid groups (broad SMARTS) is 1. The maximum absolute atomic E-state index is 13.0. The van der Waals surface area contributed by atoms with Crippen LogP contribution in [-0.4, -0.2) is 37.6 Å². The molecule has 30 heavy (non-hydrogen) atoms. The average Bonchev–Trinajstić information content (AvgIpc) is 2.66. The summed E-state index contributed by atoms with van der Waals surface area (Å²) in [6, 6.07) is 7.68. The number of aryl methyl sites for hydroxylation is 1. The highest BCUT2D eigenvalue weighted by Gasteiger charge is 2.29. The molecule has 0 aliphatic rings. The zero-order valence-electron chi connectivity index (χ0n) is 17.1. The van der Waals surface area contributed by atoms with Gasteiger partial charge in [0.15, 0.2) is 0 Å². The van der Waals surface area contributed by atoms with Crippen molar-refractivity contribution in [1.82, 2.24) is 4.72 Å². The third-order valence-corrected chi connectivity index (χ3v) is 6.18. The molecule has 0 radical (unpaired) electrons. The van der Waals surface area contributed by atoms with E-state index >= 15 is 0 Å². The Balaban J connectivity index is 2.52. The van der Waals surface area contributed by atoms with E-state index in [1.54, 1.807) is 32.9 Å². The van der Waals surface area contributed by atoms with E-state index in [0.29, 0.717) is 22.4 Å². The Morgan fingerprint density at radius 1 is 1.23 bits per heavy atom. The second kappa shape index (κ2) is 9.23. The predicted octanol–water partition coefficient (Wildman–Crippen LogP) is 2.89. The van der Waals surface area contributed by atoms with E-state index in [4.69, 9.17) is 4.74 Å². The van der Waals surface area contributed by atoms with Crippen molar-refractivity contribution in [3.05, 3.63) is 63.2 Å². The number of nitro groups is 1. The van der Waals surface area contributed by atoms with Crippen LogP contribution < -0.4 is 9.46 Å². The van der Waals surface area contributed by atoms with Gasteiger partial charge < -0.3 is 9.84 Å². The number of hydrogen-bond acceptors (Lipinski definition) is 6. The molecule has 0 amide bonds. The molecule has 2 rings (SSSR count). The molecule has 0 aromatic heterocycles. The highest BCUT2D eigenvalue weighted by Crippen LogP contribution is 2.27. The minimum absolute atomic E-state index is 0.0660. The van der Waals surface area contributed by atoms with Crippen LogP contribution in [-0.2, 0) is 21.2 Å². The topological polar surface area (TPSA) is 136 Å². The number of ether oxygens (including phenoxy) is 1. The fourth-order valence-electron chi connectivity index (χ4n) is 2.97. The van der Waals surface area contributed by atoms with Gasteiger partial charge in [0.05, 0.1) is 16.9 Å². The minimum Gasteiger partial charge on any atom is -0.497 e. The first-order valence-corrected chi connectivity index (χ1v) is 10.6. The Morgan fingerprint density at radius 2 is 1.90 bits per heavy atom. The number of hydrogen-bond donors (Lipinski definition) is 2. The molecule has 0 saturated carbocycles. The molecule has 2 aromatic rings. The van der Waals surface area contributed by atoms with Crippen LogP contribution in [0.15, 0.2) is 41.3 Å². The molecule has 0 unspecified atom stereocenters.